The first-order chi connectivity index (χ1) is 13.2. The molecule has 3 rings (SSSR count). The molecule has 1 saturated heterocycles. The van der Waals surface area contributed by atoms with Gasteiger partial charge in [0.05, 0.1) is 6.04 Å². The molecule has 28 heavy (non-hydrogen) atoms. The van der Waals surface area contributed by atoms with Gasteiger partial charge in [-0.2, -0.15) is 0 Å². The van der Waals surface area contributed by atoms with Gasteiger partial charge in [-0.15, -0.1) is 0 Å². The van der Waals surface area contributed by atoms with E-state index in [0.717, 1.165) is 29.7 Å². The fourth-order valence-corrected chi connectivity index (χ4v) is 4.31. The number of hydrogen-bond donors (Lipinski definition) is 2. The molecule has 0 radical (unpaired) electrons. The molecule has 3 atom stereocenters. The summed E-state index contributed by atoms with van der Waals surface area (Å²) in [6.07, 6.45) is 3.42. The minimum atomic E-state index is -0.871. The number of imide groups is 1. The van der Waals surface area contributed by atoms with E-state index in [-0.39, 0.29) is 36.1 Å². The van der Waals surface area contributed by atoms with Crippen molar-refractivity contribution in [3.63, 3.8) is 0 Å². The van der Waals surface area contributed by atoms with Crippen molar-refractivity contribution in [2.75, 3.05) is 6.54 Å². The largest absolute Gasteiger partial charge is 0.347 e. The van der Waals surface area contributed by atoms with Gasteiger partial charge >= 0.3 is 6.03 Å². The van der Waals surface area contributed by atoms with Crippen molar-refractivity contribution in [1.29, 1.82) is 0 Å². The summed E-state index contributed by atoms with van der Waals surface area (Å²) in [5.74, 6) is -0.950. The van der Waals surface area contributed by atoms with Gasteiger partial charge in [0.1, 0.15) is 17.9 Å². The normalized spacial score (nSPS) is 25.9. The molecule has 1 saturated carbocycles. The van der Waals surface area contributed by atoms with E-state index < -0.39 is 17.5 Å². The van der Waals surface area contributed by atoms with E-state index in [1.165, 1.54) is 12.1 Å². The highest BCUT2D eigenvalue weighted by atomic mass is 19.1. The number of rotatable bonds is 5. The van der Waals surface area contributed by atoms with Crippen molar-refractivity contribution in [2.24, 2.45) is 11.8 Å². The zero-order chi connectivity index (χ0) is 20.5. The van der Waals surface area contributed by atoms with Crippen LogP contribution in [0.15, 0.2) is 24.3 Å². The van der Waals surface area contributed by atoms with Crippen LogP contribution in [0.25, 0.3) is 0 Å². The van der Waals surface area contributed by atoms with Gasteiger partial charge in [-0.05, 0) is 42.4 Å². The van der Waals surface area contributed by atoms with Crippen LogP contribution in [0, 0.1) is 17.7 Å². The van der Waals surface area contributed by atoms with Gasteiger partial charge in [-0.3, -0.25) is 14.5 Å². The van der Waals surface area contributed by atoms with Gasteiger partial charge in [-0.25, -0.2) is 9.18 Å². The van der Waals surface area contributed by atoms with E-state index in [4.69, 9.17) is 0 Å². The smallest absolute Gasteiger partial charge is 0.325 e. The Morgan fingerprint density at radius 1 is 1.29 bits per heavy atom. The van der Waals surface area contributed by atoms with Crippen LogP contribution in [0.5, 0.6) is 0 Å². The predicted octanol–water partition coefficient (Wildman–Crippen LogP) is 3.14. The van der Waals surface area contributed by atoms with Crippen LogP contribution in [0.4, 0.5) is 9.18 Å². The lowest BCUT2D eigenvalue weighted by molar-refractivity contribution is -0.137. The fourth-order valence-electron chi connectivity index (χ4n) is 4.31. The van der Waals surface area contributed by atoms with E-state index in [1.54, 1.807) is 12.1 Å². The summed E-state index contributed by atoms with van der Waals surface area (Å²) in [6, 6.07) is 5.12. The highest BCUT2D eigenvalue weighted by Crippen LogP contribution is 2.38. The summed E-state index contributed by atoms with van der Waals surface area (Å²) >= 11 is 0. The summed E-state index contributed by atoms with van der Waals surface area (Å²) < 4.78 is 13.2. The number of carbonyl (C=O) groups is 3. The molecule has 1 aromatic carbocycles. The molecule has 0 bridgehead atoms. The molecule has 1 heterocycles. The third kappa shape index (κ3) is 3.75. The van der Waals surface area contributed by atoms with Crippen LogP contribution in [-0.2, 0) is 9.59 Å². The molecular weight excluding hydrogens is 361 g/mol. The number of urea groups is 1. The highest BCUT2D eigenvalue weighted by Gasteiger charge is 2.55. The van der Waals surface area contributed by atoms with Gasteiger partial charge in [-0.1, -0.05) is 45.7 Å². The second-order valence-corrected chi connectivity index (χ2v) is 8.28. The number of nitrogens with one attached hydrogen (secondary N) is 2. The molecule has 4 amide bonds. The van der Waals surface area contributed by atoms with Gasteiger partial charge in [0, 0.05) is 0 Å². The topological polar surface area (TPSA) is 78.5 Å². The maximum atomic E-state index is 13.2. The summed E-state index contributed by atoms with van der Waals surface area (Å²) in [5.41, 5.74) is -0.0939. The summed E-state index contributed by atoms with van der Waals surface area (Å²) in [7, 11) is 0. The van der Waals surface area contributed by atoms with Crippen molar-refractivity contribution in [3.05, 3.63) is 35.6 Å². The van der Waals surface area contributed by atoms with Crippen molar-refractivity contribution >= 4 is 17.8 Å². The molecule has 1 aromatic rings. The first-order valence-corrected chi connectivity index (χ1v) is 9.93. The van der Waals surface area contributed by atoms with E-state index in [2.05, 4.69) is 10.6 Å². The van der Waals surface area contributed by atoms with Crippen LogP contribution in [-0.4, -0.2) is 34.8 Å². The standard InChI is InChI=1S/C21H28FN3O3/c1-13(2)18(15-7-9-16(22)10-8-15)23-17(26)12-25-19(27)21(24-20(25)28)11-5-4-6-14(21)3/h7-10,13-14,18H,4-6,11-12H2,1-3H3,(H,23,26)(H,24,28). The number of nitrogens with zero attached hydrogens (tertiary/aromatic N) is 1. The Balaban J connectivity index is 1.70. The van der Waals surface area contributed by atoms with Crippen LogP contribution in [0.1, 0.15) is 58.1 Å². The predicted molar refractivity (Wildman–Crippen MR) is 103 cm³/mol. The third-order valence-electron chi connectivity index (χ3n) is 6.02. The number of amides is 4. The molecule has 152 valence electrons. The van der Waals surface area contributed by atoms with Gasteiger partial charge < -0.3 is 10.6 Å². The summed E-state index contributed by atoms with van der Waals surface area (Å²) in [4.78, 5) is 39.1. The summed E-state index contributed by atoms with van der Waals surface area (Å²) in [5, 5.41) is 5.74. The second-order valence-electron chi connectivity index (χ2n) is 8.28. The minimum Gasteiger partial charge on any atom is -0.347 e. The Labute approximate surface area is 164 Å². The van der Waals surface area contributed by atoms with Crippen molar-refractivity contribution in [3.8, 4) is 0 Å². The molecule has 2 aliphatic rings. The number of carbonyl (C=O) groups excluding carboxylic acids is 3. The first-order valence-electron chi connectivity index (χ1n) is 9.93. The molecule has 2 N–H and O–H groups in total. The van der Waals surface area contributed by atoms with Crippen molar-refractivity contribution < 1.29 is 18.8 Å². The number of benzene rings is 1. The zero-order valence-corrected chi connectivity index (χ0v) is 16.6. The highest BCUT2D eigenvalue weighted by molar-refractivity contribution is 6.09. The molecule has 1 aliphatic heterocycles. The number of halogens is 1. The number of hydrogen-bond acceptors (Lipinski definition) is 3. The molecule has 6 nitrogen and oxygen atoms in total. The monoisotopic (exact) mass is 389 g/mol. The maximum Gasteiger partial charge on any atom is 0.325 e. The lowest BCUT2D eigenvalue weighted by atomic mass is 9.73. The van der Waals surface area contributed by atoms with Gasteiger partial charge in [0.25, 0.3) is 5.91 Å². The van der Waals surface area contributed by atoms with E-state index in [0.29, 0.717) is 6.42 Å². The quantitative estimate of drug-likeness (QED) is 0.760. The summed E-state index contributed by atoms with van der Waals surface area (Å²) in [6.45, 7) is 5.55. The van der Waals surface area contributed by atoms with Crippen LogP contribution in [0.2, 0.25) is 0 Å². The lowest BCUT2D eigenvalue weighted by Gasteiger charge is -2.36. The molecule has 1 aliphatic carbocycles. The Morgan fingerprint density at radius 2 is 1.96 bits per heavy atom. The van der Waals surface area contributed by atoms with E-state index in [9.17, 15) is 18.8 Å². The van der Waals surface area contributed by atoms with E-state index in [1.807, 2.05) is 20.8 Å². The van der Waals surface area contributed by atoms with Crippen LogP contribution >= 0.6 is 0 Å². The van der Waals surface area contributed by atoms with Crippen LogP contribution < -0.4 is 10.6 Å². The maximum absolute atomic E-state index is 13.2. The molecular formula is C21H28FN3O3. The van der Waals surface area contributed by atoms with E-state index >= 15 is 0 Å². The Bertz CT molecular complexity index is 765. The third-order valence-corrected chi connectivity index (χ3v) is 6.02. The van der Waals surface area contributed by atoms with Gasteiger partial charge in [0.15, 0.2) is 0 Å². The SMILES string of the molecule is CC(C)C(NC(=O)CN1C(=O)NC2(CCCCC2C)C1=O)c1ccc(F)cc1. The zero-order valence-electron chi connectivity index (χ0n) is 16.6. The Hall–Kier alpha value is -2.44. The average Bonchev–Trinajstić information content (AvgIpc) is 2.88. The van der Waals surface area contributed by atoms with Gasteiger partial charge in [0.2, 0.25) is 5.91 Å². The lowest BCUT2D eigenvalue weighted by Crippen LogP contribution is -2.54. The minimum absolute atomic E-state index is 0.0494. The fraction of sp³-hybridized carbons (Fsp3) is 0.571. The molecule has 2 fully saturated rings. The van der Waals surface area contributed by atoms with Crippen molar-refractivity contribution in [2.45, 2.75) is 58.0 Å². The van der Waals surface area contributed by atoms with Crippen LogP contribution in [0.3, 0.4) is 0 Å². The first kappa shape index (κ1) is 20.3. The Morgan fingerprint density at radius 3 is 2.57 bits per heavy atom. The molecule has 1 spiro atoms. The average molecular weight is 389 g/mol. The second kappa shape index (κ2) is 7.89. The molecule has 3 unspecified atom stereocenters. The van der Waals surface area contributed by atoms with Crippen molar-refractivity contribution in [1.82, 2.24) is 15.5 Å². The molecule has 7 heteroatoms. The Kier molecular flexibility index (Phi) is 5.72. The molecule has 0 aromatic heterocycles.